The van der Waals surface area contributed by atoms with E-state index in [0.717, 1.165) is 4.68 Å². The molecule has 35 heavy (non-hydrogen) atoms. The maximum Gasteiger partial charge on any atom is 0.408 e. The molecule has 0 atom stereocenters. The molecule has 0 aliphatic carbocycles. The van der Waals surface area contributed by atoms with E-state index in [1.165, 1.54) is 11.3 Å². The molecular formula is C21H19F3N8O2S. The van der Waals surface area contributed by atoms with Crippen LogP contribution in [0.2, 0.25) is 0 Å². The minimum absolute atomic E-state index is 0.00819. The number of urea groups is 1. The van der Waals surface area contributed by atoms with Crippen LogP contribution in [-0.4, -0.2) is 63.5 Å². The van der Waals surface area contributed by atoms with Gasteiger partial charge in [-0.2, -0.15) is 24.5 Å². The van der Waals surface area contributed by atoms with Gasteiger partial charge in [0.25, 0.3) is 0 Å². The number of nitrogens with zero attached hydrogens (tertiary/aromatic N) is 6. The average Bonchev–Trinajstić information content (AvgIpc) is 3.49. The Morgan fingerprint density at radius 3 is 2.49 bits per heavy atom. The lowest BCUT2D eigenvalue weighted by Crippen LogP contribution is -2.37. The van der Waals surface area contributed by atoms with Crippen LogP contribution in [0.4, 0.5) is 35.2 Å². The van der Waals surface area contributed by atoms with Gasteiger partial charge in [-0.25, -0.2) is 19.4 Å². The number of alkyl halides is 3. The number of benzene rings is 1. The van der Waals surface area contributed by atoms with Crippen LogP contribution in [0.15, 0.2) is 41.1 Å². The highest BCUT2D eigenvalue weighted by molar-refractivity contribution is 7.08. The van der Waals surface area contributed by atoms with Gasteiger partial charge in [-0.05, 0) is 35.7 Å². The van der Waals surface area contributed by atoms with Crippen molar-refractivity contribution >= 4 is 45.7 Å². The quantitative estimate of drug-likeness (QED) is 0.423. The number of amides is 2. The molecule has 5 rings (SSSR count). The van der Waals surface area contributed by atoms with Gasteiger partial charge in [0.15, 0.2) is 22.8 Å². The summed E-state index contributed by atoms with van der Waals surface area (Å²) in [4.78, 5) is 23.0. The van der Waals surface area contributed by atoms with Gasteiger partial charge in [-0.1, -0.05) is 5.21 Å². The van der Waals surface area contributed by atoms with E-state index in [0.29, 0.717) is 49.1 Å². The van der Waals surface area contributed by atoms with E-state index in [4.69, 9.17) is 4.74 Å². The van der Waals surface area contributed by atoms with Crippen LogP contribution in [0.5, 0.6) is 0 Å². The van der Waals surface area contributed by atoms with E-state index in [2.05, 4.69) is 30.9 Å². The summed E-state index contributed by atoms with van der Waals surface area (Å²) in [5, 5.41) is 16.7. The minimum Gasteiger partial charge on any atom is -0.378 e. The third kappa shape index (κ3) is 5.33. The van der Waals surface area contributed by atoms with Crippen LogP contribution in [0.1, 0.15) is 0 Å². The maximum atomic E-state index is 13.1. The fourth-order valence-electron chi connectivity index (χ4n) is 3.57. The molecule has 3 aromatic heterocycles. The largest absolute Gasteiger partial charge is 0.408 e. The van der Waals surface area contributed by atoms with E-state index in [9.17, 15) is 18.0 Å². The Balaban J connectivity index is 1.45. The fraction of sp³-hybridized carbons (Fsp3) is 0.286. The Bertz CT molecular complexity index is 1320. The van der Waals surface area contributed by atoms with E-state index in [1.54, 1.807) is 35.7 Å². The van der Waals surface area contributed by atoms with Gasteiger partial charge in [0.2, 0.25) is 0 Å². The second-order valence-electron chi connectivity index (χ2n) is 7.67. The summed E-state index contributed by atoms with van der Waals surface area (Å²) >= 11 is 1.46. The third-order valence-corrected chi connectivity index (χ3v) is 5.85. The van der Waals surface area contributed by atoms with Gasteiger partial charge in [0.1, 0.15) is 6.54 Å². The monoisotopic (exact) mass is 504 g/mol. The molecule has 10 nitrogen and oxygen atoms in total. The highest BCUT2D eigenvalue weighted by atomic mass is 32.1. The molecule has 0 spiro atoms. The number of fused-ring (bicyclic) bond motifs is 1. The first-order chi connectivity index (χ1) is 16.9. The van der Waals surface area contributed by atoms with Gasteiger partial charge in [-0.15, -0.1) is 5.10 Å². The van der Waals surface area contributed by atoms with Gasteiger partial charge in [-0.3, -0.25) is 0 Å². The number of hydrogen-bond donors (Lipinski definition) is 2. The van der Waals surface area contributed by atoms with Crippen molar-refractivity contribution < 1.29 is 22.7 Å². The molecule has 0 bridgehead atoms. The van der Waals surface area contributed by atoms with Crippen molar-refractivity contribution in [2.45, 2.75) is 12.7 Å². The zero-order valence-electron chi connectivity index (χ0n) is 18.1. The Morgan fingerprint density at radius 2 is 1.80 bits per heavy atom. The van der Waals surface area contributed by atoms with Crippen molar-refractivity contribution in [3.05, 3.63) is 41.1 Å². The summed E-state index contributed by atoms with van der Waals surface area (Å²) < 4.78 is 45.4. The summed E-state index contributed by atoms with van der Waals surface area (Å²) in [6, 6.07) is 8.08. The molecule has 1 saturated heterocycles. The number of anilines is 3. The molecule has 4 heterocycles. The Morgan fingerprint density at radius 1 is 1.06 bits per heavy atom. The van der Waals surface area contributed by atoms with Crippen LogP contribution < -0.4 is 15.5 Å². The standard InChI is InChI=1S/C21H19F3N8O2S/c22-21(23,24)12-32-19-16(29-30-32)18(31-6-8-34-9-7-31)27-17(28-19)13-1-3-14(4-2-13)25-20(33)26-15-5-10-35-11-15/h1-5,10-11H,6-9,12H2,(H2,25,26,33). The van der Waals surface area contributed by atoms with Crippen LogP contribution in [0.25, 0.3) is 22.6 Å². The van der Waals surface area contributed by atoms with Crippen LogP contribution >= 0.6 is 11.3 Å². The number of carbonyl (C=O) groups is 1. The number of carbonyl (C=O) groups excluding carboxylic acids is 1. The normalized spacial score (nSPS) is 14.3. The molecule has 1 aliphatic heterocycles. The fourth-order valence-corrected chi connectivity index (χ4v) is 4.16. The van der Waals surface area contributed by atoms with Crippen molar-refractivity contribution in [3.8, 4) is 11.4 Å². The Hall–Kier alpha value is -3.78. The second-order valence-corrected chi connectivity index (χ2v) is 8.45. The molecule has 1 fully saturated rings. The predicted octanol–water partition coefficient (Wildman–Crippen LogP) is 3.99. The lowest BCUT2D eigenvalue weighted by molar-refractivity contribution is -0.142. The Kier molecular flexibility index (Phi) is 6.21. The highest BCUT2D eigenvalue weighted by Crippen LogP contribution is 2.29. The molecule has 1 aliphatic rings. The highest BCUT2D eigenvalue weighted by Gasteiger charge is 2.31. The van der Waals surface area contributed by atoms with Crippen molar-refractivity contribution in [2.24, 2.45) is 0 Å². The van der Waals surface area contributed by atoms with E-state index < -0.39 is 18.8 Å². The molecule has 4 aromatic rings. The third-order valence-electron chi connectivity index (χ3n) is 5.16. The molecule has 0 radical (unpaired) electrons. The summed E-state index contributed by atoms with van der Waals surface area (Å²) in [6.45, 7) is 0.640. The topological polar surface area (TPSA) is 110 Å². The predicted molar refractivity (Wildman–Crippen MR) is 125 cm³/mol. The van der Waals surface area contributed by atoms with Crippen molar-refractivity contribution in [1.29, 1.82) is 0 Å². The minimum atomic E-state index is -4.48. The number of morpholine rings is 1. The first-order valence-electron chi connectivity index (χ1n) is 10.6. The van der Waals surface area contributed by atoms with Crippen LogP contribution in [0.3, 0.4) is 0 Å². The molecular weight excluding hydrogens is 485 g/mol. The first kappa shape index (κ1) is 23.0. The summed E-state index contributed by atoms with van der Waals surface area (Å²) in [6.07, 6.45) is -4.48. The molecule has 1 aromatic carbocycles. The summed E-state index contributed by atoms with van der Waals surface area (Å²) in [5.74, 6) is 0.623. The van der Waals surface area contributed by atoms with Gasteiger partial charge in [0.05, 0.1) is 18.9 Å². The summed E-state index contributed by atoms with van der Waals surface area (Å²) in [7, 11) is 0. The number of halogens is 3. The molecule has 0 saturated carbocycles. The smallest absolute Gasteiger partial charge is 0.378 e. The molecule has 14 heteroatoms. The van der Waals surface area contributed by atoms with Gasteiger partial charge < -0.3 is 20.3 Å². The van der Waals surface area contributed by atoms with Crippen molar-refractivity contribution in [2.75, 3.05) is 41.8 Å². The van der Waals surface area contributed by atoms with Crippen LogP contribution in [0, 0.1) is 0 Å². The van der Waals surface area contributed by atoms with Crippen LogP contribution in [-0.2, 0) is 11.3 Å². The number of nitrogens with one attached hydrogen (secondary N) is 2. The van der Waals surface area contributed by atoms with Gasteiger partial charge >= 0.3 is 12.2 Å². The van der Waals surface area contributed by atoms with Crippen molar-refractivity contribution in [3.63, 3.8) is 0 Å². The van der Waals surface area contributed by atoms with Crippen molar-refractivity contribution in [1.82, 2.24) is 25.0 Å². The second kappa shape index (κ2) is 9.46. The lowest BCUT2D eigenvalue weighted by atomic mass is 10.2. The average molecular weight is 504 g/mol. The molecule has 2 N–H and O–H groups in total. The number of thiophene rings is 1. The lowest BCUT2D eigenvalue weighted by Gasteiger charge is -2.28. The molecule has 0 unspecified atom stereocenters. The first-order valence-corrected chi connectivity index (χ1v) is 11.5. The van der Waals surface area contributed by atoms with E-state index in [-0.39, 0.29) is 17.0 Å². The number of aromatic nitrogens is 5. The summed E-state index contributed by atoms with van der Waals surface area (Å²) in [5.41, 5.74) is 1.96. The van der Waals surface area contributed by atoms with Gasteiger partial charge in [0, 0.05) is 29.7 Å². The molecule has 182 valence electrons. The SMILES string of the molecule is O=C(Nc1ccc(-c2nc(N3CCOCC3)c3nnn(CC(F)(F)F)c3n2)cc1)Nc1ccsc1. The maximum absolute atomic E-state index is 13.1. The van der Waals surface area contributed by atoms with E-state index in [1.807, 2.05) is 10.3 Å². The number of ether oxygens (including phenoxy) is 1. The zero-order chi connectivity index (χ0) is 24.4. The van der Waals surface area contributed by atoms with E-state index >= 15 is 0 Å². The number of hydrogen-bond acceptors (Lipinski definition) is 8. The zero-order valence-corrected chi connectivity index (χ0v) is 18.9. The molecule has 2 amide bonds. The Labute approximate surface area is 200 Å². The number of rotatable bonds is 5.